The Balaban J connectivity index is 1.03. The molecule has 3 heterocycles. The number of nitrogens with one attached hydrogen (secondary N) is 1. The molecule has 0 bridgehead atoms. The lowest BCUT2D eigenvalue weighted by molar-refractivity contribution is -0.136. The van der Waals surface area contributed by atoms with E-state index in [1.54, 1.807) is 11.0 Å². The smallest absolute Gasteiger partial charge is 0.255 e. The van der Waals surface area contributed by atoms with Crippen LogP contribution in [0.4, 0.5) is 0 Å². The average Bonchev–Trinajstić information content (AvgIpc) is 3.25. The summed E-state index contributed by atoms with van der Waals surface area (Å²) in [6.07, 6.45) is 2.57. The molecule has 3 aromatic carbocycles. The highest BCUT2D eigenvalue weighted by Gasteiger charge is 2.39. The third-order valence-electron chi connectivity index (χ3n) is 7.84. The number of imide groups is 1. The van der Waals surface area contributed by atoms with E-state index in [4.69, 9.17) is 16.3 Å². The minimum atomic E-state index is -0.608. The zero-order chi connectivity index (χ0) is 26.9. The largest absolute Gasteiger partial charge is 0.490 e. The Labute approximate surface area is 232 Å². The SMILES string of the molecule is O=C1CCC(N2Cc3cc(OC4CCN(Cc5cccc(-c6ccc(Cl)cc6)c5)CC4)ccc3C2=O)C(=O)N1. The third kappa shape index (κ3) is 5.56. The van der Waals surface area contributed by atoms with Crippen molar-refractivity contribution in [2.75, 3.05) is 13.1 Å². The summed E-state index contributed by atoms with van der Waals surface area (Å²) in [5, 5.41) is 3.08. The van der Waals surface area contributed by atoms with E-state index in [9.17, 15) is 14.4 Å². The van der Waals surface area contributed by atoms with Crippen LogP contribution in [0, 0.1) is 0 Å². The summed E-state index contributed by atoms with van der Waals surface area (Å²) >= 11 is 6.04. The minimum Gasteiger partial charge on any atom is -0.490 e. The quantitative estimate of drug-likeness (QED) is 0.451. The van der Waals surface area contributed by atoms with E-state index in [1.165, 1.54) is 11.1 Å². The maximum absolute atomic E-state index is 12.9. The molecule has 0 radical (unpaired) electrons. The summed E-state index contributed by atoms with van der Waals surface area (Å²) in [5.41, 5.74) is 5.09. The van der Waals surface area contributed by atoms with Crippen LogP contribution < -0.4 is 10.1 Å². The first kappa shape index (κ1) is 25.6. The maximum atomic E-state index is 12.9. The van der Waals surface area contributed by atoms with Crippen molar-refractivity contribution in [3.63, 3.8) is 0 Å². The zero-order valence-corrected chi connectivity index (χ0v) is 22.3. The molecule has 6 rings (SSSR count). The van der Waals surface area contributed by atoms with Crippen molar-refractivity contribution in [2.24, 2.45) is 0 Å². The molecular weight excluding hydrogens is 514 g/mol. The molecule has 2 saturated heterocycles. The lowest BCUT2D eigenvalue weighted by Crippen LogP contribution is -2.52. The number of likely N-dealkylation sites (tertiary alicyclic amines) is 1. The molecule has 3 amide bonds. The number of piperidine rings is 2. The summed E-state index contributed by atoms with van der Waals surface area (Å²) in [7, 11) is 0. The van der Waals surface area contributed by atoms with Crippen LogP contribution in [0.5, 0.6) is 5.75 Å². The monoisotopic (exact) mass is 543 g/mol. The van der Waals surface area contributed by atoms with Crippen LogP contribution in [0.2, 0.25) is 5.02 Å². The van der Waals surface area contributed by atoms with Crippen molar-refractivity contribution in [2.45, 2.75) is 50.9 Å². The molecule has 0 spiro atoms. The van der Waals surface area contributed by atoms with Gasteiger partial charge in [-0.15, -0.1) is 0 Å². The molecule has 3 aliphatic rings. The van der Waals surface area contributed by atoms with Gasteiger partial charge in [-0.05, 0) is 77.9 Å². The first-order chi connectivity index (χ1) is 18.9. The number of halogens is 1. The van der Waals surface area contributed by atoms with Crippen LogP contribution in [0.3, 0.4) is 0 Å². The van der Waals surface area contributed by atoms with Gasteiger partial charge in [0.15, 0.2) is 0 Å². The Kier molecular flexibility index (Phi) is 7.11. The second kappa shape index (κ2) is 10.8. The van der Waals surface area contributed by atoms with Gasteiger partial charge in [0.2, 0.25) is 11.8 Å². The van der Waals surface area contributed by atoms with Gasteiger partial charge in [0.1, 0.15) is 17.9 Å². The molecule has 200 valence electrons. The highest BCUT2D eigenvalue weighted by atomic mass is 35.5. The van der Waals surface area contributed by atoms with Gasteiger partial charge in [0, 0.05) is 43.2 Å². The Hall–Kier alpha value is -3.68. The number of amides is 3. The van der Waals surface area contributed by atoms with Crippen LogP contribution >= 0.6 is 11.6 Å². The molecule has 39 heavy (non-hydrogen) atoms. The predicted octanol–water partition coefficient (Wildman–Crippen LogP) is 4.81. The molecule has 1 N–H and O–H groups in total. The molecule has 0 aromatic heterocycles. The van der Waals surface area contributed by atoms with Crippen molar-refractivity contribution in [1.82, 2.24) is 15.1 Å². The first-order valence-corrected chi connectivity index (χ1v) is 13.8. The van der Waals surface area contributed by atoms with E-state index >= 15 is 0 Å². The molecule has 0 aliphatic carbocycles. The average molecular weight is 544 g/mol. The van der Waals surface area contributed by atoms with Gasteiger partial charge in [0.25, 0.3) is 5.91 Å². The number of hydrogen-bond acceptors (Lipinski definition) is 5. The van der Waals surface area contributed by atoms with Gasteiger partial charge in [-0.2, -0.15) is 0 Å². The highest BCUT2D eigenvalue weighted by Crippen LogP contribution is 2.31. The fourth-order valence-electron chi connectivity index (χ4n) is 5.75. The molecule has 1 atom stereocenters. The molecule has 2 fully saturated rings. The number of carbonyl (C=O) groups excluding carboxylic acids is 3. The Morgan fingerprint density at radius 2 is 1.69 bits per heavy atom. The van der Waals surface area contributed by atoms with E-state index in [0.717, 1.165) is 54.4 Å². The first-order valence-electron chi connectivity index (χ1n) is 13.4. The minimum absolute atomic E-state index is 0.114. The fourth-order valence-corrected chi connectivity index (χ4v) is 5.88. The van der Waals surface area contributed by atoms with Crippen LogP contribution in [-0.4, -0.2) is 52.8 Å². The Morgan fingerprint density at radius 3 is 2.46 bits per heavy atom. The van der Waals surface area contributed by atoms with Gasteiger partial charge < -0.3 is 9.64 Å². The lowest BCUT2D eigenvalue weighted by atomic mass is 10.0. The predicted molar refractivity (Wildman–Crippen MR) is 148 cm³/mol. The van der Waals surface area contributed by atoms with E-state index in [2.05, 4.69) is 34.5 Å². The fraction of sp³-hybridized carbons (Fsp3) is 0.323. The number of carbonyl (C=O) groups is 3. The van der Waals surface area contributed by atoms with E-state index < -0.39 is 11.9 Å². The van der Waals surface area contributed by atoms with Gasteiger partial charge >= 0.3 is 0 Å². The number of nitrogens with zero attached hydrogens (tertiary/aromatic N) is 2. The number of fused-ring (bicyclic) bond motifs is 1. The summed E-state index contributed by atoms with van der Waals surface area (Å²) in [4.78, 5) is 40.8. The molecule has 7 nitrogen and oxygen atoms in total. The number of ether oxygens (including phenoxy) is 1. The van der Waals surface area contributed by atoms with Gasteiger partial charge in [-0.3, -0.25) is 24.6 Å². The third-order valence-corrected chi connectivity index (χ3v) is 8.10. The molecule has 3 aliphatic heterocycles. The highest BCUT2D eigenvalue weighted by molar-refractivity contribution is 6.30. The molecule has 8 heteroatoms. The van der Waals surface area contributed by atoms with Gasteiger partial charge in [-0.1, -0.05) is 41.9 Å². The van der Waals surface area contributed by atoms with Gasteiger partial charge in [-0.25, -0.2) is 0 Å². The molecule has 0 saturated carbocycles. The van der Waals surface area contributed by atoms with Crippen molar-refractivity contribution in [1.29, 1.82) is 0 Å². The number of rotatable bonds is 6. The van der Waals surface area contributed by atoms with Crippen LogP contribution in [0.15, 0.2) is 66.7 Å². The number of benzene rings is 3. The van der Waals surface area contributed by atoms with E-state index in [-0.39, 0.29) is 24.3 Å². The van der Waals surface area contributed by atoms with Crippen molar-refractivity contribution in [3.8, 4) is 16.9 Å². The summed E-state index contributed by atoms with van der Waals surface area (Å²) < 4.78 is 6.33. The second-order valence-electron chi connectivity index (χ2n) is 10.5. The normalized spacial score (nSPS) is 20.2. The lowest BCUT2D eigenvalue weighted by Gasteiger charge is -2.32. The number of hydrogen-bond donors (Lipinski definition) is 1. The van der Waals surface area contributed by atoms with Crippen LogP contribution in [-0.2, 0) is 22.7 Å². The van der Waals surface area contributed by atoms with Crippen LogP contribution in [0.25, 0.3) is 11.1 Å². The van der Waals surface area contributed by atoms with Crippen molar-refractivity contribution in [3.05, 3.63) is 88.4 Å². The topological polar surface area (TPSA) is 79.0 Å². The molecule has 1 unspecified atom stereocenters. The second-order valence-corrected chi connectivity index (χ2v) is 11.0. The molecule has 3 aromatic rings. The van der Waals surface area contributed by atoms with Gasteiger partial charge in [0.05, 0.1) is 0 Å². The van der Waals surface area contributed by atoms with Crippen LogP contribution in [0.1, 0.15) is 47.2 Å². The zero-order valence-electron chi connectivity index (χ0n) is 21.6. The summed E-state index contributed by atoms with van der Waals surface area (Å²) in [5.74, 6) is -0.0961. The van der Waals surface area contributed by atoms with E-state index in [0.29, 0.717) is 18.5 Å². The Bertz CT molecular complexity index is 1420. The van der Waals surface area contributed by atoms with Crippen molar-refractivity contribution >= 4 is 29.3 Å². The van der Waals surface area contributed by atoms with E-state index in [1.807, 2.05) is 36.4 Å². The molecular formula is C31H30ClN3O4. The summed E-state index contributed by atoms with van der Waals surface area (Å²) in [6.45, 7) is 3.14. The Morgan fingerprint density at radius 1 is 0.897 bits per heavy atom. The standard InChI is InChI=1S/C31H30ClN3O4/c32-24-6-4-21(5-7-24)22-3-1-2-20(16-22)18-34-14-12-25(13-15-34)39-26-8-9-27-23(17-26)19-35(31(27)38)28-10-11-29(36)33-30(28)37/h1-9,16-17,25,28H,10-15,18-19H2,(H,33,36,37). The summed E-state index contributed by atoms with van der Waals surface area (Å²) in [6, 6.07) is 21.5. The maximum Gasteiger partial charge on any atom is 0.255 e. The van der Waals surface area contributed by atoms with Crippen molar-refractivity contribution < 1.29 is 19.1 Å².